The molecule has 1 aliphatic rings. The molecule has 0 bridgehead atoms. The topological polar surface area (TPSA) is 12.0 Å². The van der Waals surface area contributed by atoms with E-state index in [0.29, 0.717) is 6.04 Å². The zero-order valence-electron chi connectivity index (χ0n) is 14.3. The number of hydrogen-bond donors (Lipinski definition) is 1. The second-order valence-electron chi connectivity index (χ2n) is 5.92. The molecule has 1 nitrogen and oxygen atoms in total. The minimum absolute atomic E-state index is 0.671. The molecule has 0 aromatic carbocycles. The van der Waals surface area contributed by atoms with Gasteiger partial charge in [0, 0.05) is 6.04 Å². The van der Waals surface area contributed by atoms with Gasteiger partial charge >= 0.3 is 0 Å². The van der Waals surface area contributed by atoms with Crippen molar-refractivity contribution in [2.24, 2.45) is 17.8 Å². The summed E-state index contributed by atoms with van der Waals surface area (Å²) in [6.45, 7) is 18.7. The molecule has 0 saturated heterocycles. The summed E-state index contributed by atoms with van der Waals surface area (Å²) in [6.07, 6.45) is 5.72. The summed E-state index contributed by atoms with van der Waals surface area (Å²) in [6, 6.07) is 0.671. The molecule has 0 radical (unpaired) electrons. The Kier molecular flexibility index (Phi) is 15.1. The van der Waals surface area contributed by atoms with Gasteiger partial charge in [-0.05, 0) is 37.6 Å². The van der Waals surface area contributed by atoms with Gasteiger partial charge in [0.1, 0.15) is 0 Å². The highest BCUT2D eigenvalue weighted by molar-refractivity contribution is 4.71. The first kappa shape index (κ1) is 20.3. The van der Waals surface area contributed by atoms with Crippen molar-refractivity contribution >= 4 is 0 Å². The minimum atomic E-state index is 0.671. The zero-order valence-corrected chi connectivity index (χ0v) is 14.3. The van der Waals surface area contributed by atoms with E-state index in [1.54, 1.807) is 0 Å². The molecule has 0 amide bonds. The fourth-order valence-corrected chi connectivity index (χ4v) is 1.71. The smallest absolute Gasteiger partial charge is 0.00617 e. The predicted molar refractivity (Wildman–Crippen MR) is 86.1 cm³/mol. The Bertz CT molecular complexity index is 148. The van der Waals surface area contributed by atoms with Crippen molar-refractivity contribution in [3.8, 4) is 0 Å². The lowest BCUT2D eigenvalue weighted by Crippen LogP contribution is -2.31. The van der Waals surface area contributed by atoms with E-state index in [9.17, 15) is 0 Å². The maximum atomic E-state index is 3.43. The maximum absolute atomic E-state index is 3.43. The van der Waals surface area contributed by atoms with Crippen molar-refractivity contribution < 1.29 is 0 Å². The molecule has 0 heterocycles. The molecule has 1 unspecified atom stereocenters. The average Bonchev–Trinajstić information content (AvgIpc) is 2.26. The third-order valence-electron chi connectivity index (χ3n) is 3.81. The molecule has 0 spiro atoms. The van der Waals surface area contributed by atoms with Crippen molar-refractivity contribution in [3.05, 3.63) is 0 Å². The van der Waals surface area contributed by atoms with Gasteiger partial charge in [0.25, 0.3) is 0 Å². The second-order valence-corrected chi connectivity index (χ2v) is 5.92. The molecule has 0 aromatic rings. The first-order valence-corrected chi connectivity index (χ1v) is 8.22. The standard InChI is InChI=1S/C8H19N.C7H14.C2H6/c1-5-6-9-8(4)7(2)3;1-6(2)7-4-3-5-7;1-2/h7-9H,5-6H2,1-4H3;6-7H,3-5H2,1-2H3;1-2H3. The largest absolute Gasteiger partial charge is 0.314 e. The van der Waals surface area contributed by atoms with Crippen LogP contribution in [0.25, 0.3) is 0 Å². The number of hydrogen-bond acceptors (Lipinski definition) is 1. The Morgan fingerprint density at radius 3 is 1.67 bits per heavy atom. The molecular formula is C17H39N. The van der Waals surface area contributed by atoms with Crippen molar-refractivity contribution in [3.63, 3.8) is 0 Å². The summed E-state index contributed by atoms with van der Waals surface area (Å²) in [5, 5.41) is 3.43. The molecule has 1 atom stereocenters. The van der Waals surface area contributed by atoms with E-state index < -0.39 is 0 Å². The lowest BCUT2D eigenvalue weighted by Gasteiger charge is -2.28. The van der Waals surface area contributed by atoms with E-state index >= 15 is 0 Å². The summed E-state index contributed by atoms with van der Waals surface area (Å²) in [5.74, 6) is 2.80. The normalized spacial score (nSPS) is 16.3. The Balaban J connectivity index is 0. The highest BCUT2D eigenvalue weighted by atomic mass is 14.9. The van der Waals surface area contributed by atoms with Crippen LogP contribution in [-0.4, -0.2) is 12.6 Å². The summed E-state index contributed by atoms with van der Waals surface area (Å²) < 4.78 is 0. The van der Waals surface area contributed by atoms with Crippen molar-refractivity contribution in [2.45, 2.75) is 87.1 Å². The van der Waals surface area contributed by atoms with Crippen LogP contribution in [0.15, 0.2) is 0 Å². The van der Waals surface area contributed by atoms with Gasteiger partial charge in [0.15, 0.2) is 0 Å². The van der Waals surface area contributed by atoms with Crippen LogP contribution in [0.5, 0.6) is 0 Å². The molecule has 1 aliphatic carbocycles. The number of nitrogens with one attached hydrogen (secondary N) is 1. The molecule has 1 rings (SSSR count). The lowest BCUT2D eigenvalue weighted by atomic mass is 9.78. The van der Waals surface area contributed by atoms with Gasteiger partial charge in [-0.25, -0.2) is 0 Å². The molecular weight excluding hydrogens is 218 g/mol. The second kappa shape index (κ2) is 13.4. The van der Waals surface area contributed by atoms with E-state index in [-0.39, 0.29) is 0 Å². The van der Waals surface area contributed by atoms with Crippen LogP contribution >= 0.6 is 0 Å². The molecule has 112 valence electrons. The first-order valence-electron chi connectivity index (χ1n) is 8.22. The third-order valence-corrected chi connectivity index (χ3v) is 3.81. The zero-order chi connectivity index (χ0) is 14.6. The van der Waals surface area contributed by atoms with Crippen LogP contribution in [0.2, 0.25) is 0 Å². The lowest BCUT2D eigenvalue weighted by molar-refractivity contribution is 0.235. The fraction of sp³-hybridized carbons (Fsp3) is 1.00. The van der Waals surface area contributed by atoms with Gasteiger partial charge in [-0.1, -0.05) is 67.7 Å². The molecule has 0 aliphatic heterocycles. The summed E-state index contributed by atoms with van der Waals surface area (Å²) >= 11 is 0. The maximum Gasteiger partial charge on any atom is 0.00617 e. The predicted octanol–water partition coefficient (Wildman–Crippen LogP) is 5.50. The van der Waals surface area contributed by atoms with E-state index in [1.165, 1.54) is 25.7 Å². The molecule has 1 N–H and O–H groups in total. The van der Waals surface area contributed by atoms with Crippen LogP contribution in [0.4, 0.5) is 0 Å². The van der Waals surface area contributed by atoms with Crippen molar-refractivity contribution in [1.29, 1.82) is 0 Å². The Morgan fingerprint density at radius 1 is 1.00 bits per heavy atom. The molecule has 1 saturated carbocycles. The Labute approximate surface area is 117 Å². The first-order chi connectivity index (χ1) is 8.49. The number of rotatable bonds is 5. The molecule has 0 aromatic heterocycles. The van der Waals surface area contributed by atoms with Crippen LogP contribution in [-0.2, 0) is 0 Å². The summed E-state index contributed by atoms with van der Waals surface area (Å²) in [5.41, 5.74) is 0. The van der Waals surface area contributed by atoms with Crippen molar-refractivity contribution in [1.82, 2.24) is 5.32 Å². The van der Waals surface area contributed by atoms with Gasteiger partial charge in [0.2, 0.25) is 0 Å². The Morgan fingerprint density at radius 2 is 1.50 bits per heavy atom. The molecule has 18 heavy (non-hydrogen) atoms. The van der Waals surface area contributed by atoms with Crippen LogP contribution in [0.3, 0.4) is 0 Å². The van der Waals surface area contributed by atoms with Crippen LogP contribution < -0.4 is 5.32 Å². The Hall–Kier alpha value is -0.0400. The molecule has 1 fully saturated rings. The summed E-state index contributed by atoms with van der Waals surface area (Å²) in [7, 11) is 0. The van der Waals surface area contributed by atoms with Crippen LogP contribution in [0.1, 0.15) is 81.1 Å². The fourth-order valence-electron chi connectivity index (χ4n) is 1.71. The van der Waals surface area contributed by atoms with Gasteiger partial charge in [-0.2, -0.15) is 0 Å². The summed E-state index contributed by atoms with van der Waals surface area (Å²) in [4.78, 5) is 0. The highest BCUT2D eigenvalue weighted by Crippen LogP contribution is 2.32. The monoisotopic (exact) mass is 257 g/mol. The SMILES string of the molecule is CC.CC(C)C1CCC1.CCCNC(C)C(C)C. The van der Waals surface area contributed by atoms with Crippen molar-refractivity contribution in [2.75, 3.05) is 6.54 Å². The average molecular weight is 258 g/mol. The third kappa shape index (κ3) is 11.1. The van der Waals surface area contributed by atoms with Crippen LogP contribution in [0, 0.1) is 17.8 Å². The van der Waals surface area contributed by atoms with E-state index in [2.05, 4.69) is 46.9 Å². The van der Waals surface area contributed by atoms with E-state index in [1.807, 2.05) is 13.8 Å². The van der Waals surface area contributed by atoms with Gasteiger partial charge in [0.05, 0.1) is 0 Å². The van der Waals surface area contributed by atoms with E-state index in [0.717, 1.165) is 24.3 Å². The van der Waals surface area contributed by atoms with Gasteiger partial charge < -0.3 is 5.32 Å². The van der Waals surface area contributed by atoms with E-state index in [4.69, 9.17) is 0 Å². The highest BCUT2D eigenvalue weighted by Gasteiger charge is 2.19. The van der Waals surface area contributed by atoms with Gasteiger partial charge in [-0.3, -0.25) is 0 Å². The quantitative estimate of drug-likeness (QED) is 0.686. The molecule has 1 heteroatoms. The minimum Gasteiger partial charge on any atom is -0.314 e. The van der Waals surface area contributed by atoms with Gasteiger partial charge in [-0.15, -0.1) is 0 Å².